The highest BCUT2D eigenvalue weighted by Crippen LogP contribution is 2.88. The first kappa shape index (κ1) is 9.56. The maximum atomic E-state index is 11.3. The summed E-state index contributed by atoms with van der Waals surface area (Å²) in [6.45, 7) is 1.51. The highest BCUT2D eigenvalue weighted by Gasteiger charge is 2.91. The van der Waals surface area contributed by atoms with Gasteiger partial charge in [-0.15, -0.1) is 0 Å². The van der Waals surface area contributed by atoms with Crippen LogP contribution in [0, 0.1) is 29.1 Å². The molecule has 5 aliphatic carbocycles. The van der Waals surface area contributed by atoms with E-state index in [2.05, 4.69) is 22.0 Å². The minimum absolute atomic E-state index is 0.00970. The molecule has 3 nitrogen and oxygen atoms in total. The van der Waals surface area contributed by atoms with E-state index >= 15 is 0 Å². The van der Waals surface area contributed by atoms with Gasteiger partial charge in [0.05, 0.1) is 12.2 Å². The van der Waals surface area contributed by atoms with Gasteiger partial charge < -0.3 is 9.47 Å². The van der Waals surface area contributed by atoms with Gasteiger partial charge in [0.15, 0.2) is 0 Å². The number of rotatable bonds is 1. The molecule has 0 aromatic heterocycles. The van der Waals surface area contributed by atoms with E-state index < -0.39 is 0 Å². The minimum atomic E-state index is -0.161. The topological polar surface area (TPSA) is 35.5 Å². The molecule has 6 aliphatic rings. The van der Waals surface area contributed by atoms with Crippen molar-refractivity contribution in [2.75, 3.05) is 0 Å². The van der Waals surface area contributed by atoms with Crippen LogP contribution in [-0.4, -0.2) is 24.3 Å². The van der Waals surface area contributed by atoms with E-state index in [1.165, 1.54) is 13.3 Å². The zero-order valence-electron chi connectivity index (χ0n) is 9.43. The van der Waals surface area contributed by atoms with E-state index in [0.29, 0.717) is 17.9 Å². The summed E-state index contributed by atoms with van der Waals surface area (Å²) >= 11 is 3.61. The lowest BCUT2D eigenvalue weighted by Crippen LogP contribution is -2.43. The van der Waals surface area contributed by atoms with Crippen LogP contribution in [0.2, 0.25) is 0 Å². The maximum absolute atomic E-state index is 11.3. The molecule has 0 N–H and O–H groups in total. The van der Waals surface area contributed by atoms with Crippen molar-refractivity contribution in [1.82, 2.24) is 0 Å². The lowest BCUT2D eigenvalue weighted by atomic mass is 9.77. The summed E-state index contributed by atoms with van der Waals surface area (Å²) in [5, 5.41) is 0. The maximum Gasteiger partial charge on any atom is 0.303 e. The van der Waals surface area contributed by atoms with Gasteiger partial charge in [0.25, 0.3) is 0 Å². The summed E-state index contributed by atoms with van der Waals surface area (Å²) in [6.07, 6.45) is 4.07. The van der Waals surface area contributed by atoms with Gasteiger partial charge in [0.1, 0.15) is 6.10 Å². The Kier molecular flexibility index (Phi) is 1.41. The minimum Gasteiger partial charge on any atom is -0.458 e. The molecule has 5 fully saturated rings. The standard InChI is InChI=1S/C13H13BrO3/c1-4(15)16-8-3-7(14)12-9-5-2-6-10(11(5)17-12)13(6,8)9/h3,5-6,8-12H,2H2,1H3/t5?,6?,8-,9?,10?,11?,12+,13?/m0/s1. The second kappa shape index (κ2) is 2.50. The summed E-state index contributed by atoms with van der Waals surface area (Å²) in [5.41, 5.74) is 0.265. The van der Waals surface area contributed by atoms with Crippen LogP contribution in [0.3, 0.4) is 0 Å². The summed E-state index contributed by atoms with van der Waals surface area (Å²) in [7, 11) is 0. The molecule has 8 atom stereocenters. The first-order valence-electron chi connectivity index (χ1n) is 6.35. The predicted molar refractivity (Wildman–Crippen MR) is 62.2 cm³/mol. The van der Waals surface area contributed by atoms with Crippen LogP contribution in [0.15, 0.2) is 10.6 Å². The Morgan fingerprint density at radius 3 is 3.12 bits per heavy atom. The highest BCUT2D eigenvalue weighted by molar-refractivity contribution is 9.11. The fraction of sp³-hybridized carbons (Fsp3) is 0.769. The van der Waals surface area contributed by atoms with Gasteiger partial charge in [0.2, 0.25) is 0 Å². The number of esters is 1. The molecular weight excluding hydrogens is 284 g/mol. The van der Waals surface area contributed by atoms with Gasteiger partial charge in [-0.05, 0) is 30.3 Å². The van der Waals surface area contributed by atoms with Crippen LogP contribution >= 0.6 is 15.9 Å². The number of hydrogen-bond acceptors (Lipinski definition) is 3. The number of hydrogen-bond donors (Lipinski definition) is 0. The van der Waals surface area contributed by atoms with Gasteiger partial charge in [0, 0.05) is 22.7 Å². The first-order chi connectivity index (χ1) is 8.15. The Morgan fingerprint density at radius 2 is 2.41 bits per heavy atom. The quantitative estimate of drug-likeness (QED) is 0.693. The number of carbonyl (C=O) groups is 1. The average molecular weight is 297 g/mol. The van der Waals surface area contributed by atoms with E-state index in [4.69, 9.17) is 9.47 Å². The molecule has 6 rings (SSSR count). The van der Waals surface area contributed by atoms with Crippen molar-refractivity contribution in [2.24, 2.45) is 29.1 Å². The van der Waals surface area contributed by atoms with Crippen molar-refractivity contribution >= 4 is 21.9 Å². The molecule has 4 saturated carbocycles. The fourth-order valence-corrected chi connectivity index (χ4v) is 6.37. The van der Waals surface area contributed by atoms with Crippen LogP contribution < -0.4 is 0 Å². The van der Waals surface area contributed by atoms with Crippen molar-refractivity contribution in [2.45, 2.75) is 31.7 Å². The molecule has 17 heavy (non-hydrogen) atoms. The van der Waals surface area contributed by atoms with E-state index in [0.717, 1.165) is 16.3 Å². The molecule has 0 amide bonds. The Labute approximate surface area is 108 Å². The van der Waals surface area contributed by atoms with E-state index in [-0.39, 0.29) is 23.6 Å². The lowest BCUT2D eigenvalue weighted by molar-refractivity contribution is -0.151. The molecule has 0 aromatic rings. The molecule has 6 unspecified atom stereocenters. The smallest absolute Gasteiger partial charge is 0.303 e. The zero-order chi connectivity index (χ0) is 11.5. The largest absolute Gasteiger partial charge is 0.458 e. The monoisotopic (exact) mass is 296 g/mol. The zero-order valence-corrected chi connectivity index (χ0v) is 11.0. The normalized spacial score (nSPS) is 63.6. The fourth-order valence-electron chi connectivity index (χ4n) is 5.74. The van der Waals surface area contributed by atoms with Gasteiger partial charge in [-0.3, -0.25) is 4.79 Å². The third kappa shape index (κ3) is 0.767. The number of halogens is 1. The van der Waals surface area contributed by atoms with Crippen molar-refractivity contribution < 1.29 is 14.3 Å². The van der Waals surface area contributed by atoms with Crippen LogP contribution in [-0.2, 0) is 14.3 Å². The van der Waals surface area contributed by atoms with Crippen LogP contribution in [0.25, 0.3) is 0 Å². The lowest BCUT2D eigenvalue weighted by Gasteiger charge is -2.38. The van der Waals surface area contributed by atoms with Crippen molar-refractivity contribution in [1.29, 1.82) is 0 Å². The second-order valence-electron chi connectivity index (χ2n) is 6.16. The molecule has 1 saturated heterocycles. The Balaban J connectivity index is 1.66. The van der Waals surface area contributed by atoms with Crippen LogP contribution in [0.5, 0.6) is 0 Å². The van der Waals surface area contributed by atoms with E-state index in [1.54, 1.807) is 0 Å². The molecular formula is C13H13BrO3. The molecule has 0 radical (unpaired) electrons. The summed E-state index contributed by atoms with van der Waals surface area (Å²) in [4.78, 5) is 11.3. The van der Waals surface area contributed by atoms with Gasteiger partial charge in [-0.1, -0.05) is 15.9 Å². The molecule has 1 heterocycles. The van der Waals surface area contributed by atoms with Gasteiger partial charge in [-0.25, -0.2) is 0 Å². The Morgan fingerprint density at radius 1 is 1.59 bits per heavy atom. The molecule has 0 aromatic carbocycles. The van der Waals surface area contributed by atoms with Gasteiger partial charge in [-0.2, -0.15) is 0 Å². The molecule has 6 bridgehead atoms. The molecule has 1 spiro atoms. The van der Waals surface area contributed by atoms with Crippen LogP contribution in [0.1, 0.15) is 13.3 Å². The van der Waals surface area contributed by atoms with E-state index in [1.807, 2.05) is 0 Å². The summed E-state index contributed by atoms with van der Waals surface area (Å²) in [5.74, 6) is 2.61. The predicted octanol–water partition coefficient (Wildman–Crippen LogP) is 1.86. The summed E-state index contributed by atoms with van der Waals surface area (Å²) in [6, 6.07) is 0. The summed E-state index contributed by atoms with van der Waals surface area (Å²) < 4.78 is 12.8. The second-order valence-corrected chi connectivity index (χ2v) is 7.08. The van der Waals surface area contributed by atoms with Crippen molar-refractivity contribution in [3.63, 3.8) is 0 Å². The van der Waals surface area contributed by atoms with Crippen molar-refractivity contribution in [3.05, 3.63) is 10.6 Å². The number of carbonyl (C=O) groups excluding carboxylic acids is 1. The number of ether oxygens (including phenoxy) is 2. The third-order valence-electron chi connectivity index (χ3n) is 5.88. The van der Waals surface area contributed by atoms with Crippen LogP contribution in [0.4, 0.5) is 0 Å². The SMILES string of the molecule is CC(=O)O[C@H]1C=C(Br)[C@H]2OC3C4CC5C3C51C42. The molecule has 1 aliphatic heterocycles. The van der Waals surface area contributed by atoms with Crippen molar-refractivity contribution in [3.8, 4) is 0 Å². The third-order valence-corrected chi connectivity index (χ3v) is 6.60. The Bertz CT molecular complexity index is 487. The Hall–Kier alpha value is -0.350. The van der Waals surface area contributed by atoms with Gasteiger partial charge >= 0.3 is 5.97 Å². The average Bonchev–Trinajstić information content (AvgIpc) is 2.65. The molecule has 4 heteroatoms. The molecule has 90 valence electrons. The van der Waals surface area contributed by atoms with E-state index in [9.17, 15) is 4.79 Å². The first-order valence-corrected chi connectivity index (χ1v) is 7.15. The highest BCUT2D eigenvalue weighted by atomic mass is 79.9.